The van der Waals surface area contributed by atoms with Gasteiger partial charge in [-0.15, -0.1) is 0 Å². The summed E-state index contributed by atoms with van der Waals surface area (Å²) in [7, 11) is 0. The Kier molecular flexibility index (Phi) is 9.29. The first-order valence-corrected chi connectivity index (χ1v) is 10.6. The highest BCUT2D eigenvalue weighted by Gasteiger charge is 2.09. The van der Waals surface area contributed by atoms with Crippen molar-refractivity contribution in [3.8, 4) is 5.75 Å². The molecular formula is C21H21BrClN3O3S. The molecule has 0 atom stereocenters. The van der Waals surface area contributed by atoms with Crippen LogP contribution in [0.5, 0.6) is 5.75 Å². The number of hydrogen-bond donors (Lipinski definition) is 3. The summed E-state index contributed by atoms with van der Waals surface area (Å²) in [6.07, 6.45) is 2.85. The maximum atomic E-state index is 11.9. The van der Waals surface area contributed by atoms with E-state index in [4.69, 9.17) is 28.6 Å². The van der Waals surface area contributed by atoms with Crippen LogP contribution in [-0.2, 0) is 9.59 Å². The Labute approximate surface area is 194 Å². The molecule has 2 amide bonds. The number of rotatable bonds is 6. The summed E-state index contributed by atoms with van der Waals surface area (Å²) in [6.45, 7) is 3.96. The highest BCUT2D eigenvalue weighted by Crippen LogP contribution is 2.28. The van der Waals surface area contributed by atoms with E-state index in [2.05, 4.69) is 45.9 Å². The van der Waals surface area contributed by atoms with Gasteiger partial charge in [0, 0.05) is 11.1 Å². The minimum Gasteiger partial charge on any atom is -0.483 e. The zero-order chi connectivity index (χ0) is 22.1. The number of halogens is 2. The monoisotopic (exact) mass is 509 g/mol. The van der Waals surface area contributed by atoms with Crippen molar-refractivity contribution in [3.05, 3.63) is 69.2 Å². The smallest absolute Gasteiger partial charge is 0.276 e. The van der Waals surface area contributed by atoms with Gasteiger partial charge in [0.2, 0.25) is 5.91 Å². The van der Waals surface area contributed by atoms with Gasteiger partial charge in [-0.2, -0.15) is 0 Å². The molecule has 2 aromatic carbocycles. The molecule has 0 saturated carbocycles. The number of hydrogen-bond acceptors (Lipinski definition) is 4. The Morgan fingerprint density at radius 2 is 1.93 bits per heavy atom. The fourth-order valence-corrected chi connectivity index (χ4v) is 3.12. The van der Waals surface area contributed by atoms with Crippen molar-refractivity contribution >= 4 is 62.8 Å². The summed E-state index contributed by atoms with van der Waals surface area (Å²) in [6, 6.07) is 12.8. The molecule has 0 bridgehead atoms. The Hall–Kier alpha value is -2.42. The molecule has 0 fully saturated rings. The van der Waals surface area contributed by atoms with Crippen molar-refractivity contribution < 1.29 is 14.3 Å². The van der Waals surface area contributed by atoms with Gasteiger partial charge in [0.05, 0.1) is 4.47 Å². The van der Waals surface area contributed by atoms with Crippen molar-refractivity contribution in [2.45, 2.75) is 19.8 Å². The molecule has 0 unspecified atom stereocenters. The molecule has 0 aliphatic carbocycles. The maximum Gasteiger partial charge on any atom is 0.276 e. The van der Waals surface area contributed by atoms with Gasteiger partial charge < -0.3 is 4.74 Å². The van der Waals surface area contributed by atoms with Crippen LogP contribution in [0.2, 0.25) is 5.02 Å². The fourth-order valence-electron chi connectivity index (χ4n) is 2.26. The number of nitrogens with one attached hydrogen (secondary N) is 3. The van der Waals surface area contributed by atoms with Crippen LogP contribution < -0.4 is 20.9 Å². The maximum absolute atomic E-state index is 11.9. The van der Waals surface area contributed by atoms with E-state index in [9.17, 15) is 9.59 Å². The number of ether oxygens (including phenoxy) is 1. The van der Waals surface area contributed by atoms with E-state index < -0.39 is 11.8 Å². The topological polar surface area (TPSA) is 79.5 Å². The SMILES string of the molecule is CC(C)c1ccc(OCC(=O)NNC(=S)NC(=O)/C=C/c2ccccc2Cl)c(Br)c1. The summed E-state index contributed by atoms with van der Waals surface area (Å²) < 4.78 is 6.26. The van der Waals surface area contributed by atoms with Crippen molar-refractivity contribution in [2.24, 2.45) is 0 Å². The van der Waals surface area contributed by atoms with Crippen LogP contribution in [0.15, 0.2) is 53.0 Å². The molecule has 0 aromatic heterocycles. The van der Waals surface area contributed by atoms with Crippen molar-refractivity contribution in [3.63, 3.8) is 0 Å². The molecule has 0 aliphatic heterocycles. The van der Waals surface area contributed by atoms with E-state index >= 15 is 0 Å². The second-order valence-corrected chi connectivity index (χ2v) is 8.15. The van der Waals surface area contributed by atoms with Crippen LogP contribution in [-0.4, -0.2) is 23.5 Å². The lowest BCUT2D eigenvalue weighted by atomic mass is 10.0. The van der Waals surface area contributed by atoms with Gasteiger partial charge in [0.1, 0.15) is 5.75 Å². The third-order valence-corrected chi connectivity index (χ3v) is 5.02. The van der Waals surface area contributed by atoms with Gasteiger partial charge in [0.25, 0.3) is 5.91 Å². The minimum absolute atomic E-state index is 0.0559. The molecule has 0 spiro atoms. The lowest BCUT2D eigenvalue weighted by Gasteiger charge is -2.12. The predicted octanol–water partition coefficient (Wildman–Crippen LogP) is 4.34. The van der Waals surface area contributed by atoms with Gasteiger partial charge in [-0.25, -0.2) is 0 Å². The van der Waals surface area contributed by atoms with Crippen molar-refractivity contribution in [1.82, 2.24) is 16.2 Å². The van der Waals surface area contributed by atoms with E-state index in [-0.39, 0.29) is 11.7 Å². The van der Waals surface area contributed by atoms with E-state index in [1.54, 1.807) is 30.3 Å². The Bertz CT molecular complexity index is 966. The second-order valence-electron chi connectivity index (χ2n) is 6.48. The fraction of sp³-hybridized carbons (Fsp3) is 0.190. The summed E-state index contributed by atoms with van der Waals surface area (Å²) in [4.78, 5) is 23.8. The largest absolute Gasteiger partial charge is 0.483 e. The molecule has 2 aromatic rings. The number of amides is 2. The molecule has 0 saturated heterocycles. The summed E-state index contributed by atoms with van der Waals surface area (Å²) in [5.74, 6) is 0.0128. The van der Waals surface area contributed by atoms with Crippen LogP contribution in [0.1, 0.15) is 30.9 Å². The average Bonchev–Trinajstić information content (AvgIpc) is 2.70. The van der Waals surface area contributed by atoms with Crippen LogP contribution in [0.3, 0.4) is 0 Å². The molecule has 158 valence electrons. The number of carbonyl (C=O) groups excluding carboxylic acids is 2. The third-order valence-electron chi connectivity index (χ3n) is 3.85. The molecular weight excluding hydrogens is 490 g/mol. The van der Waals surface area contributed by atoms with Crippen LogP contribution in [0, 0.1) is 0 Å². The normalized spacial score (nSPS) is 10.7. The molecule has 30 heavy (non-hydrogen) atoms. The lowest BCUT2D eigenvalue weighted by Crippen LogP contribution is -2.49. The van der Waals surface area contributed by atoms with Gasteiger partial charge in [-0.05, 0) is 69.5 Å². The first-order chi connectivity index (χ1) is 14.3. The summed E-state index contributed by atoms with van der Waals surface area (Å²) in [5, 5.41) is 2.89. The van der Waals surface area contributed by atoms with Gasteiger partial charge in [0.15, 0.2) is 11.7 Å². The van der Waals surface area contributed by atoms with E-state index in [1.807, 2.05) is 18.2 Å². The first-order valence-electron chi connectivity index (χ1n) is 9.01. The summed E-state index contributed by atoms with van der Waals surface area (Å²) >= 11 is 14.4. The number of benzene rings is 2. The first kappa shape index (κ1) is 23.9. The quantitative estimate of drug-likeness (QED) is 0.306. The molecule has 2 rings (SSSR count). The molecule has 6 nitrogen and oxygen atoms in total. The second kappa shape index (κ2) is 11.7. The van der Waals surface area contributed by atoms with Crippen LogP contribution in [0.4, 0.5) is 0 Å². The van der Waals surface area contributed by atoms with Gasteiger partial charge in [-0.3, -0.25) is 25.8 Å². The van der Waals surface area contributed by atoms with E-state index in [0.717, 1.165) is 10.0 Å². The molecule has 3 N–H and O–H groups in total. The van der Waals surface area contributed by atoms with Gasteiger partial charge >= 0.3 is 0 Å². The van der Waals surface area contributed by atoms with E-state index in [0.29, 0.717) is 22.3 Å². The minimum atomic E-state index is -0.466. The average molecular weight is 511 g/mol. The highest BCUT2D eigenvalue weighted by atomic mass is 79.9. The summed E-state index contributed by atoms with van der Waals surface area (Å²) in [5.41, 5.74) is 6.66. The lowest BCUT2D eigenvalue weighted by molar-refractivity contribution is -0.123. The number of thiocarbonyl (C=S) groups is 1. The Balaban J connectivity index is 1.74. The third kappa shape index (κ3) is 7.78. The molecule has 0 aliphatic rings. The standard InChI is InChI=1S/C21H21BrClN3O3S/c1-13(2)15-7-9-18(16(22)11-15)29-12-20(28)25-26-21(30)24-19(27)10-8-14-5-3-4-6-17(14)23/h3-11,13H,12H2,1-2H3,(H,25,28)(H2,24,26,27,30)/b10-8+. The van der Waals surface area contributed by atoms with E-state index in [1.165, 1.54) is 6.08 Å². The Morgan fingerprint density at radius 1 is 1.20 bits per heavy atom. The molecule has 9 heteroatoms. The predicted molar refractivity (Wildman–Crippen MR) is 126 cm³/mol. The number of hydrazine groups is 1. The zero-order valence-corrected chi connectivity index (χ0v) is 19.5. The van der Waals surface area contributed by atoms with Crippen LogP contribution in [0.25, 0.3) is 6.08 Å². The van der Waals surface area contributed by atoms with Gasteiger partial charge in [-0.1, -0.05) is 49.7 Å². The zero-order valence-electron chi connectivity index (χ0n) is 16.4. The number of carbonyl (C=O) groups is 2. The molecule has 0 radical (unpaired) electrons. The van der Waals surface area contributed by atoms with Crippen molar-refractivity contribution in [1.29, 1.82) is 0 Å². The van der Waals surface area contributed by atoms with Crippen molar-refractivity contribution in [2.75, 3.05) is 6.61 Å². The Morgan fingerprint density at radius 3 is 2.60 bits per heavy atom. The molecule has 0 heterocycles. The highest BCUT2D eigenvalue weighted by molar-refractivity contribution is 9.10. The van der Waals surface area contributed by atoms with Crippen LogP contribution >= 0.6 is 39.7 Å².